The maximum Gasteiger partial charge on any atom is 0.339 e. The molecule has 28 heavy (non-hydrogen) atoms. The fourth-order valence-corrected chi connectivity index (χ4v) is 5.26. The topological polar surface area (TPSA) is 63.6 Å². The van der Waals surface area contributed by atoms with Crippen molar-refractivity contribution in [3.8, 4) is 0 Å². The average Bonchev–Trinajstić information content (AvgIpc) is 2.74. The van der Waals surface area contributed by atoms with E-state index in [2.05, 4.69) is 24.3 Å². The monoisotopic (exact) mass is 378 g/mol. The molecule has 0 bridgehead atoms. The van der Waals surface area contributed by atoms with E-state index in [0.717, 1.165) is 19.3 Å². The van der Waals surface area contributed by atoms with Crippen LogP contribution in [0.4, 0.5) is 0 Å². The predicted molar refractivity (Wildman–Crippen MR) is 106 cm³/mol. The van der Waals surface area contributed by atoms with Gasteiger partial charge >= 0.3 is 11.9 Å². The molecule has 0 amide bonds. The van der Waals surface area contributed by atoms with Crippen molar-refractivity contribution < 1.29 is 19.4 Å². The lowest BCUT2D eigenvalue weighted by molar-refractivity contribution is -0.0328. The second-order valence-electron chi connectivity index (χ2n) is 8.01. The average molecular weight is 378 g/mol. The van der Waals surface area contributed by atoms with Crippen LogP contribution in [0.3, 0.4) is 0 Å². The highest BCUT2D eigenvalue weighted by molar-refractivity contribution is 6.02. The van der Waals surface area contributed by atoms with Crippen molar-refractivity contribution in [3.63, 3.8) is 0 Å². The largest absolute Gasteiger partial charge is 0.478 e. The first-order valence-electron chi connectivity index (χ1n) is 10.2. The number of benzene rings is 2. The Morgan fingerprint density at radius 3 is 2.18 bits per heavy atom. The van der Waals surface area contributed by atoms with Crippen LogP contribution in [0.1, 0.15) is 70.7 Å². The maximum atomic E-state index is 12.9. The van der Waals surface area contributed by atoms with Crippen LogP contribution in [0.25, 0.3) is 0 Å². The zero-order valence-corrected chi connectivity index (χ0v) is 15.9. The summed E-state index contributed by atoms with van der Waals surface area (Å²) >= 11 is 0. The van der Waals surface area contributed by atoms with Crippen LogP contribution in [0, 0.1) is 11.8 Å². The molecule has 4 rings (SSSR count). The van der Waals surface area contributed by atoms with E-state index < -0.39 is 11.9 Å². The summed E-state index contributed by atoms with van der Waals surface area (Å²) in [7, 11) is 0. The van der Waals surface area contributed by atoms with E-state index in [4.69, 9.17) is 4.74 Å². The van der Waals surface area contributed by atoms with Gasteiger partial charge < -0.3 is 9.84 Å². The van der Waals surface area contributed by atoms with Crippen LogP contribution in [-0.4, -0.2) is 23.1 Å². The van der Waals surface area contributed by atoms with E-state index in [9.17, 15) is 14.7 Å². The van der Waals surface area contributed by atoms with Crippen LogP contribution < -0.4 is 0 Å². The second kappa shape index (κ2) is 8.17. The lowest BCUT2D eigenvalue weighted by Crippen LogP contribution is -2.42. The van der Waals surface area contributed by atoms with Gasteiger partial charge in [-0.25, -0.2) is 9.59 Å². The maximum absolute atomic E-state index is 12.9. The quantitative estimate of drug-likeness (QED) is 0.734. The van der Waals surface area contributed by atoms with Gasteiger partial charge in [-0.1, -0.05) is 55.3 Å². The molecule has 0 spiro atoms. The van der Waals surface area contributed by atoms with E-state index in [1.807, 2.05) is 6.07 Å². The predicted octanol–water partition coefficient (Wildman–Crippen LogP) is 5.29. The summed E-state index contributed by atoms with van der Waals surface area (Å²) < 4.78 is 5.99. The van der Waals surface area contributed by atoms with Crippen molar-refractivity contribution in [2.75, 3.05) is 0 Å². The third-order valence-corrected chi connectivity index (χ3v) is 6.46. The first-order chi connectivity index (χ1) is 13.6. The molecule has 2 aromatic carbocycles. The van der Waals surface area contributed by atoms with Crippen molar-refractivity contribution in [2.45, 2.75) is 50.5 Å². The Morgan fingerprint density at radius 2 is 1.46 bits per heavy atom. The molecule has 0 radical (unpaired) electrons. The molecule has 0 saturated heterocycles. The normalized spacial score (nSPS) is 26.9. The Balaban J connectivity index is 1.60. The second-order valence-corrected chi connectivity index (χ2v) is 8.01. The molecular weight excluding hydrogens is 352 g/mol. The van der Waals surface area contributed by atoms with Gasteiger partial charge in [-0.2, -0.15) is 0 Å². The molecule has 0 unspecified atom stereocenters. The molecular formula is C24H26O4. The SMILES string of the molecule is O=C(O)c1ccccc1C(=O)O[C@H]1CCC[C@H]2CCC[C@@H](c3ccccc3)[C@@H]21. The molecule has 146 valence electrons. The highest BCUT2D eigenvalue weighted by atomic mass is 16.5. The van der Waals surface area contributed by atoms with Crippen molar-refractivity contribution in [2.24, 2.45) is 11.8 Å². The summed E-state index contributed by atoms with van der Waals surface area (Å²) in [6, 6.07) is 16.9. The molecule has 2 aliphatic carbocycles. The zero-order valence-electron chi connectivity index (χ0n) is 15.9. The number of rotatable bonds is 4. The van der Waals surface area contributed by atoms with Gasteiger partial charge in [0.25, 0.3) is 0 Å². The minimum atomic E-state index is -1.10. The fourth-order valence-electron chi connectivity index (χ4n) is 5.26. The standard InChI is InChI=1S/C24H26O4/c25-23(26)19-12-4-5-13-20(19)24(27)28-21-15-7-11-17-10-6-14-18(22(17)21)16-8-2-1-3-9-16/h1-5,8-9,12-13,17-18,21-22H,6-7,10-11,14-15H2,(H,25,26)/t17-,18+,21+,22-/m1/s1. The molecule has 0 aliphatic heterocycles. The van der Waals surface area contributed by atoms with E-state index in [0.29, 0.717) is 17.8 Å². The number of carbonyl (C=O) groups is 2. The van der Waals surface area contributed by atoms with Gasteiger partial charge in [0.1, 0.15) is 6.10 Å². The van der Waals surface area contributed by atoms with Crippen molar-refractivity contribution >= 4 is 11.9 Å². The van der Waals surface area contributed by atoms with E-state index in [-0.39, 0.29) is 17.2 Å². The molecule has 2 saturated carbocycles. The molecule has 0 heterocycles. The van der Waals surface area contributed by atoms with E-state index in [1.165, 1.54) is 30.9 Å². The lowest BCUT2D eigenvalue weighted by atomic mass is 9.62. The summed E-state index contributed by atoms with van der Waals surface area (Å²) in [6.07, 6.45) is 6.46. The number of carbonyl (C=O) groups excluding carboxylic acids is 1. The summed E-state index contributed by atoms with van der Waals surface area (Å²) in [4.78, 5) is 24.3. The highest BCUT2D eigenvalue weighted by Crippen LogP contribution is 2.49. The molecule has 4 atom stereocenters. The van der Waals surface area contributed by atoms with Crippen LogP contribution >= 0.6 is 0 Å². The van der Waals surface area contributed by atoms with Crippen LogP contribution in [-0.2, 0) is 4.74 Å². The molecule has 1 N–H and O–H groups in total. The fraction of sp³-hybridized carbons (Fsp3) is 0.417. The van der Waals surface area contributed by atoms with Gasteiger partial charge in [-0.15, -0.1) is 0 Å². The molecule has 2 aliphatic rings. The number of aromatic carboxylic acids is 1. The Kier molecular flexibility index (Phi) is 5.47. The van der Waals surface area contributed by atoms with Gasteiger partial charge in [-0.3, -0.25) is 0 Å². The minimum Gasteiger partial charge on any atom is -0.478 e. The number of hydrogen-bond acceptors (Lipinski definition) is 3. The Hall–Kier alpha value is -2.62. The van der Waals surface area contributed by atoms with Crippen molar-refractivity contribution in [1.82, 2.24) is 0 Å². The lowest BCUT2D eigenvalue weighted by Gasteiger charge is -2.45. The number of hydrogen-bond donors (Lipinski definition) is 1. The third kappa shape index (κ3) is 3.68. The van der Waals surface area contributed by atoms with Crippen molar-refractivity contribution in [3.05, 3.63) is 71.3 Å². The smallest absolute Gasteiger partial charge is 0.339 e. The highest BCUT2D eigenvalue weighted by Gasteiger charge is 2.43. The minimum absolute atomic E-state index is 0.00288. The van der Waals surface area contributed by atoms with Gasteiger partial charge in [-0.05, 0) is 55.2 Å². The summed E-state index contributed by atoms with van der Waals surface area (Å²) in [5.74, 6) is -0.339. The Labute approximate surface area is 165 Å². The number of esters is 1. The molecule has 2 aromatic rings. The number of ether oxygens (including phenoxy) is 1. The van der Waals surface area contributed by atoms with E-state index >= 15 is 0 Å². The first kappa shape index (κ1) is 18.7. The van der Waals surface area contributed by atoms with Crippen LogP contribution in [0.15, 0.2) is 54.6 Å². The summed E-state index contributed by atoms with van der Waals surface area (Å²) in [5.41, 5.74) is 1.47. The third-order valence-electron chi connectivity index (χ3n) is 6.46. The number of carboxylic acid groups (broad SMARTS) is 1. The van der Waals surface area contributed by atoms with E-state index in [1.54, 1.807) is 18.2 Å². The van der Waals surface area contributed by atoms with Gasteiger partial charge in [0, 0.05) is 5.92 Å². The summed E-state index contributed by atoms with van der Waals surface area (Å²) in [5, 5.41) is 9.39. The van der Waals surface area contributed by atoms with Crippen LogP contribution in [0.2, 0.25) is 0 Å². The molecule has 4 nitrogen and oxygen atoms in total. The first-order valence-corrected chi connectivity index (χ1v) is 10.2. The van der Waals surface area contributed by atoms with Gasteiger partial charge in [0.05, 0.1) is 11.1 Å². The molecule has 2 fully saturated rings. The van der Waals surface area contributed by atoms with Crippen molar-refractivity contribution in [1.29, 1.82) is 0 Å². The van der Waals surface area contributed by atoms with Gasteiger partial charge in [0.15, 0.2) is 0 Å². The molecule has 0 aromatic heterocycles. The Bertz CT molecular complexity index is 843. The zero-order chi connectivity index (χ0) is 19.5. The molecule has 4 heteroatoms. The summed E-state index contributed by atoms with van der Waals surface area (Å²) in [6.45, 7) is 0. The van der Waals surface area contributed by atoms with Crippen LogP contribution in [0.5, 0.6) is 0 Å². The number of fused-ring (bicyclic) bond motifs is 1. The van der Waals surface area contributed by atoms with Gasteiger partial charge in [0.2, 0.25) is 0 Å². The Morgan fingerprint density at radius 1 is 0.821 bits per heavy atom. The number of carboxylic acids is 1.